The van der Waals surface area contributed by atoms with E-state index in [4.69, 9.17) is 0 Å². The van der Waals surface area contributed by atoms with Crippen molar-refractivity contribution in [2.75, 3.05) is 5.32 Å². The average molecular weight is 377 g/mol. The molecule has 7 nitrogen and oxygen atoms in total. The van der Waals surface area contributed by atoms with Gasteiger partial charge >= 0.3 is 5.97 Å². The van der Waals surface area contributed by atoms with Crippen molar-refractivity contribution in [1.29, 1.82) is 0 Å². The van der Waals surface area contributed by atoms with Crippen LogP contribution in [-0.4, -0.2) is 33.9 Å². The molecule has 2 aromatic carbocycles. The molecule has 0 saturated heterocycles. The molecule has 0 radical (unpaired) electrons. The Kier molecular flexibility index (Phi) is 4.57. The van der Waals surface area contributed by atoms with Crippen LogP contribution in [0, 0.1) is 0 Å². The third kappa shape index (κ3) is 3.34. The topological polar surface area (TPSA) is 111 Å². The number of aromatic amines is 1. The van der Waals surface area contributed by atoms with Gasteiger partial charge in [-0.3, -0.25) is 9.59 Å². The third-order valence-electron chi connectivity index (χ3n) is 5.03. The summed E-state index contributed by atoms with van der Waals surface area (Å²) in [5, 5.41) is 15.9. The Bertz CT molecular complexity index is 1070. The number of carboxylic acid groups (broad SMARTS) is 1. The predicted molar refractivity (Wildman–Crippen MR) is 104 cm³/mol. The second-order valence-electron chi connectivity index (χ2n) is 6.86. The van der Waals surface area contributed by atoms with Gasteiger partial charge in [-0.05, 0) is 23.3 Å². The molecule has 2 atom stereocenters. The number of H-pyrrole nitrogens is 1. The number of nitrogens with one attached hydrogen (secondary N) is 3. The second kappa shape index (κ2) is 7.19. The fourth-order valence-electron chi connectivity index (χ4n) is 3.64. The number of carbonyl (C=O) groups excluding carboxylic acids is 2. The molecule has 0 spiro atoms. The Balaban J connectivity index is 1.56. The van der Waals surface area contributed by atoms with E-state index in [2.05, 4.69) is 15.6 Å². The van der Waals surface area contributed by atoms with Gasteiger partial charge in [0, 0.05) is 35.6 Å². The van der Waals surface area contributed by atoms with E-state index in [1.54, 1.807) is 30.5 Å². The molecule has 3 aromatic rings. The first-order valence-electron chi connectivity index (χ1n) is 9.00. The summed E-state index contributed by atoms with van der Waals surface area (Å²) in [7, 11) is 0. The van der Waals surface area contributed by atoms with Crippen molar-refractivity contribution >= 4 is 34.4 Å². The molecule has 2 amide bonds. The summed E-state index contributed by atoms with van der Waals surface area (Å²) in [6, 6.07) is 13.6. The van der Waals surface area contributed by atoms with Crippen LogP contribution < -0.4 is 10.6 Å². The number of amides is 2. The van der Waals surface area contributed by atoms with E-state index in [1.807, 2.05) is 24.3 Å². The SMILES string of the molecule is O=C1C[C@@H](C(=O)N[C@H](Cc2c[nH]c3ccccc23)C(=O)O)c2ccccc2N1. The van der Waals surface area contributed by atoms with Crippen molar-refractivity contribution in [3.63, 3.8) is 0 Å². The quantitative estimate of drug-likeness (QED) is 0.547. The maximum Gasteiger partial charge on any atom is 0.326 e. The summed E-state index contributed by atoms with van der Waals surface area (Å²) in [6.07, 6.45) is 1.89. The van der Waals surface area contributed by atoms with Gasteiger partial charge in [0.2, 0.25) is 11.8 Å². The Labute approximate surface area is 160 Å². The molecule has 4 rings (SSSR count). The summed E-state index contributed by atoms with van der Waals surface area (Å²) in [4.78, 5) is 39.7. The highest BCUT2D eigenvalue weighted by Gasteiger charge is 2.33. The number of fused-ring (bicyclic) bond motifs is 2. The third-order valence-corrected chi connectivity index (χ3v) is 5.03. The van der Waals surface area contributed by atoms with Gasteiger partial charge in [-0.2, -0.15) is 0 Å². The molecular weight excluding hydrogens is 358 g/mol. The van der Waals surface area contributed by atoms with E-state index in [9.17, 15) is 19.5 Å². The lowest BCUT2D eigenvalue weighted by Gasteiger charge is -2.26. The number of anilines is 1. The van der Waals surface area contributed by atoms with Crippen LogP contribution in [0.2, 0.25) is 0 Å². The van der Waals surface area contributed by atoms with Crippen LogP contribution in [0.5, 0.6) is 0 Å². The van der Waals surface area contributed by atoms with Gasteiger partial charge in [0.1, 0.15) is 6.04 Å². The molecule has 0 fully saturated rings. The molecular formula is C21H19N3O4. The molecule has 1 aromatic heterocycles. The smallest absolute Gasteiger partial charge is 0.326 e. The van der Waals surface area contributed by atoms with Crippen LogP contribution >= 0.6 is 0 Å². The van der Waals surface area contributed by atoms with Crippen molar-refractivity contribution in [2.45, 2.75) is 24.8 Å². The van der Waals surface area contributed by atoms with E-state index < -0.39 is 23.8 Å². The van der Waals surface area contributed by atoms with Crippen molar-refractivity contribution in [1.82, 2.24) is 10.3 Å². The molecule has 0 bridgehead atoms. The van der Waals surface area contributed by atoms with E-state index >= 15 is 0 Å². The van der Waals surface area contributed by atoms with Gasteiger partial charge in [-0.15, -0.1) is 0 Å². The summed E-state index contributed by atoms with van der Waals surface area (Å²) in [5.41, 5.74) is 2.99. The first kappa shape index (κ1) is 17.8. The lowest BCUT2D eigenvalue weighted by atomic mass is 9.89. The number of benzene rings is 2. The first-order valence-corrected chi connectivity index (χ1v) is 9.00. The Morgan fingerprint density at radius 1 is 1.14 bits per heavy atom. The van der Waals surface area contributed by atoms with Crippen LogP contribution in [0.25, 0.3) is 10.9 Å². The number of aromatic nitrogens is 1. The first-order chi connectivity index (χ1) is 13.5. The largest absolute Gasteiger partial charge is 0.480 e. The standard InChI is InChI=1S/C21H19N3O4/c25-19-10-15(14-6-2-4-8-17(14)23-19)20(26)24-18(21(27)28)9-12-11-22-16-7-3-1-5-13(12)16/h1-8,11,15,18,22H,9-10H2,(H,23,25)(H,24,26)(H,27,28)/t15-,18-/m1/s1. The maximum absolute atomic E-state index is 12.9. The molecule has 0 aliphatic carbocycles. The van der Waals surface area contributed by atoms with E-state index in [1.165, 1.54) is 0 Å². The lowest BCUT2D eigenvalue weighted by molar-refractivity contribution is -0.142. The molecule has 2 heterocycles. The molecule has 4 N–H and O–H groups in total. The molecule has 0 saturated carbocycles. The van der Waals surface area contributed by atoms with Crippen LogP contribution in [0.15, 0.2) is 54.7 Å². The highest BCUT2D eigenvalue weighted by Crippen LogP contribution is 2.32. The van der Waals surface area contributed by atoms with E-state index in [0.29, 0.717) is 11.3 Å². The zero-order valence-corrected chi connectivity index (χ0v) is 14.9. The number of hydrogen-bond acceptors (Lipinski definition) is 3. The van der Waals surface area contributed by atoms with Gasteiger partial charge in [0.05, 0.1) is 5.92 Å². The van der Waals surface area contributed by atoms with Gasteiger partial charge in [0.15, 0.2) is 0 Å². The van der Waals surface area contributed by atoms with Crippen LogP contribution in [0.1, 0.15) is 23.5 Å². The lowest BCUT2D eigenvalue weighted by Crippen LogP contribution is -2.45. The monoisotopic (exact) mass is 377 g/mol. The average Bonchev–Trinajstić information content (AvgIpc) is 3.09. The minimum absolute atomic E-state index is 0.0116. The summed E-state index contributed by atoms with van der Waals surface area (Å²) in [6.45, 7) is 0. The van der Waals surface area contributed by atoms with Gasteiger partial charge < -0.3 is 20.7 Å². The summed E-state index contributed by atoms with van der Waals surface area (Å²) >= 11 is 0. The number of aliphatic carboxylic acids is 1. The number of hydrogen-bond donors (Lipinski definition) is 4. The van der Waals surface area contributed by atoms with Crippen LogP contribution in [0.4, 0.5) is 5.69 Å². The number of rotatable bonds is 5. The number of carboxylic acids is 1. The summed E-state index contributed by atoms with van der Waals surface area (Å²) < 4.78 is 0. The Morgan fingerprint density at radius 3 is 2.71 bits per heavy atom. The molecule has 1 aliphatic rings. The summed E-state index contributed by atoms with van der Waals surface area (Å²) in [5.74, 6) is -2.56. The van der Waals surface area contributed by atoms with Crippen LogP contribution in [-0.2, 0) is 20.8 Å². The maximum atomic E-state index is 12.9. The Hall–Kier alpha value is -3.61. The zero-order chi connectivity index (χ0) is 19.7. The minimum atomic E-state index is -1.12. The van der Waals surface area contributed by atoms with Crippen molar-refractivity contribution in [3.8, 4) is 0 Å². The van der Waals surface area contributed by atoms with E-state index in [0.717, 1.165) is 16.5 Å². The normalized spacial score (nSPS) is 16.9. The van der Waals surface area contributed by atoms with Crippen molar-refractivity contribution < 1.29 is 19.5 Å². The zero-order valence-electron chi connectivity index (χ0n) is 14.9. The highest BCUT2D eigenvalue weighted by atomic mass is 16.4. The predicted octanol–water partition coefficient (Wildman–Crippen LogP) is 2.41. The highest BCUT2D eigenvalue weighted by molar-refractivity contribution is 6.01. The fraction of sp³-hybridized carbons (Fsp3) is 0.190. The molecule has 7 heteroatoms. The van der Waals surface area contributed by atoms with Gasteiger partial charge in [0.25, 0.3) is 0 Å². The van der Waals surface area contributed by atoms with Crippen molar-refractivity contribution in [3.05, 3.63) is 65.9 Å². The van der Waals surface area contributed by atoms with E-state index in [-0.39, 0.29) is 18.7 Å². The van der Waals surface area contributed by atoms with Gasteiger partial charge in [-0.1, -0.05) is 36.4 Å². The fourth-order valence-corrected chi connectivity index (χ4v) is 3.64. The second-order valence-corrected chi connectivity index (χ2v) is 6.86. The minimum Gasteiger partial charge on any atom is -0.480 e. The Morgan fingerprint density at radius 2 is 1.89 bits per heavy atom. The number of para-hydroxylation sites is 2. The molecule has 142 valence electrons. The molecule has 0 unspecified atom stereocenters. The molecule has 1 aliphatic heterocycles. The molecule has 28 heavy (non-hydrogen) atoms. The van der Waals surface area contributed by atoms with Crippen LogP contribution in [0.3, 0.4) is 0 Å². The van der Waals surface area contributed by atoms with Gasteiger partial charge in [-0.25, -0.2) is 4.79 Å². The number of carbonyl (C=O) groups is 3. The van der Waals surface area contributed by atoms with Crippen molar-refractivity contribution in [2.24, 2.45) is 0 Å².